The Morgan fingerprint density at radius 1 is 1.47 bits per heavy atom. The van der Waals surface area contributed by atoms with E-state index in [0.29, 0.717) is 23.7 Å². The summed E-state index contributed by atoms with van der Waals surface area (Å²) in [5.74, 6) is 0. The molecular weight excluding hydrogens is 224 g/mol. The van der Waals surface area contributed by atoms with E-state index in [9.17, 15) is 10.1 Å². The highest BCUT2D eigenvalue weighted by molar-refractivity contribution is 5.77. The smallest absolute Gasteiger partial charge is 0.295 e. The summed E-state index contributed by atoms with van der Waals surface area (Å²) in [5.41, 5.74) is 1.00. The number of oxazole rings is 1. The highest BCUT2D eigenvalue weighted by Crippen LogP contribution is 2.23. The van der Waals surface area contributed by atoms with Crippen molar-refractivity contribution in [3.8, 4) is 0 Å². The van der Waals surface area contributed by atoms with Crippen LogP contribution in [-0.4, -0.2) is 30.0 Å². The summed E-state index contributed by atoms with van der Waals surface area (Å²) >= 11 is 0. The molecule has 2 rings (SSSR count). The lowest BCUT2D eigenvalue weighted by molar-refractivity contribution is -0.384. The predicted molar refractivity (Wildman–Crippen MR) is 63.1 cm³/mol. The van der Waals surface area contributed by atoms with Crippen LogP contribution in [0.4, 0.5) is 11.7 Å². The van der Waals surface area contributed by atoms with E-state index in [1.54, 1.807) is 6.07 Å². The van der Waals surface area contributed by atoms with Crippen molar-refractivity contribution in [1.29, 1.82) is 0 Å². The summed E-state index contributed by atoms with van der Waals surface area (Å²) in [4.78, 5) is 14.3. The molecule has 90 valence electrons. The number of rotatable bonds is 5. The maximum Gasteiger partial charge on any atom is 0.295 e. The molecule has 7 heteroatoms. The molecule has 2 aromatic rings. The van der Waals surface area contributed by atoms with E-state index in [0.717, 1.165) is 6.54 Å². The maximum absolute atomic E-state index is 10.6. The van der Waals surface area contributed by atoms with Crippen molar-refractivity contribution >= 4 is 22.8 Å². The van der Waals surface area contributed by atoms with Crippen LogP contribution in [0.3, 0.4) is 0 Å². The van der Waals surface area contributed by atoms with Crippen LogP contribution in [-0.2, 0) is 0 Å². The molecular formula is C10H12N4O3. The number of anilines is 1. The zero-order valence-electron chi connectivity index (χ0n) is 9.27. The Kier molecular flexibility index (Phi) is 3.20. The summed E-state index contributed by atoms with van der Waals surface area (Å²) in [6.07, 6.45) is 0. The number of non-ortho nitro benzene ring substituents is 1. The van der Waals surface area contributed by atoms with Crippen LogP contribution in [0.25, 0.3) is 11.1 Å². The van der Waals surface area contributed by atoms with Crippen molar-refractivity contribution in [3.63, 3.8) is 0 Å². The van der Waals surface area contributed by atoms with Gasteiger partial charge in [-0.1, -0.05) is 0 Å². The van der Waals surface area contributed by atoms with Gasteiger partial charge in [-0.05, 0) is 13.1 Å². The number of hydrogen-bond acceptors (Lipinski definition) is 6. The first-order valence-corrected chi connectivity index (χ1v) is 5.14. The Balaban J connectivity index is 2.21. The number of nitro benzene ring substituents is 1. The third-order valence-corrected chi connectivity index (χ3v) is 2.23. The molecule has 7 nitrogen and oxygen atoms in total. The van der Waals surface area contributed by atoms with Gasteiger partial charge in [0.1, 0.15) is 5.52 Å². The molecule has 0 unspecified atom stereocenters. The molecule has 1 heterocycles. The van der Waals surface area contributed by atoms with Gasteiger partial charge in [-0.15, -0.1) is 0 Å². The molecule has 0 atom stereocenters. The fourth-order valence-corrected chi connectivity index (χ4v) is 1.40. The first kappa shape index (κ1) is 11.3. The second-order valence-electron chi connectivity index (χ2n) is 3.46. The minimum Gasteiger partial charge on any atom is -0.423 e. The Morgan fingerprint density at radius 2 is 2.29 bits per heavy atom. The number of aromatic nitrogens is 1. The van der Waals surface area contributed by atoms with Gasteiger partial charge in [-0.3, -0.25) is 10.1 Å². The Bertz CT molecular complexity index is 537. The fourth-order valence-electron chi connectivity index (χ4n) is 1.40. The largest absolute Gasteiger partial charge is 0.423 e. The van der Waals surface area contributed by atoms with Crippen molar-refractivity contribution in [1.82, 2.24) is 10.3 Å². The lowest BCUT2D eigenvalue weighted by Gasteiger charge is -1.98. The first-order valence-electron chi connectivity index (χ1n) is 5.14. The fraction of sp³-hybridized carbons (Fsp3) is 0.300. The van der Waals surface area contributed by atoms with E-state index in [4.69, 9.17) is 4.42 Å². The van der Waals surface area contributed by atoms with E-state index in [1.807, 2.05) is 7.05 Å². The third kappa shape index (κ3) is 2.51. The van der Waals surface area contributed by atoms with Gasteiger partial charge in [0.25, 0.3) is 11.7 Å². The molecule has 0 amide bonds. The van der Waals surface area contributed by atoms with E-state index < -0.39 is 4.92 Å². The number of likely N-dealkylation sites (N-methyl/N-ethyl adjacent to an activating group) is 1. The molecule has 0 bridgehead atoms. The highest BCUT2D eigenvalue weighted by atomic mass is 16.6. The molecule has 2 N–H and O–H groups in total. The van der Waals surface area contributed by atoms with Crippen LogP contribution in [0.1, 0.15) is 0 Å². The van der Waals surface area contributed by atoms with E-state index in [1.165, 1.54) is 12.1 Å². The summed E-state index contributed by atoms with van der Waals surface area (Å²) in [7, 11) is 1.84. The van der Waals surface area contributed by atoms with E-state index in [-0.39, 0.29) is 5.69 Å². The van der Waals surface area contributed by atoms with Gasteiger partial charge in [-0.25, -0.2) is 0 Å². The minimum absolute atomic E-state index is 0.00424. The van der Waals surface area contributed by atoms with E-state index in [2.05, 4.69) is 15.6 Å². The molecule has 17 heavy (non-hydrogen) atoms. The topological polar surface area (TPSA) is 93.2 Å². The molecule has 0 aliphatic heterocycles. The molecule has 0 saturated carbocycles. The molecule has 0 spiro atoms. The SMILES string of the molecule is CNCCNc1nc2ccc([N+](=O)[O-])cc2o1. The Hall–Kier alpha value is -2.15. The van der Waals surface area contributed by atoms with Crippen LogP contribution in [0.15, 0.2) is 22.6 Å². The first-order chi connectivity index (χ1) is 8.20. The lowest BCUT2D eigenvalue weighted by Crippen LogP contribution is -2.17. The summed E-state index contributed by atoms with van der Waals surface area (Å²) in [6, 6.07) is 4.71. The standard InChI is InChI=1S/C10H12N4O3/c1-11-4-5-12-10-13-8-3-2-7(14(15)16)6-9(8)17-10/h2-3,6,11H,4-5H2,1H3,(H,12,13). The van der Waals surface area contributed by atoms with Crippen LogP contribution < -0.4 is 10.6 Å². The monoisotopic (exact) mass is 236 g/mol. The molecule has 1 aromatic heterocycles. The molecule has 0 radical (unpaired) electrons. The number of nitrogens with zero attached hydrogens (tertiary/aromatic N) is 2. The van der Waals surface area contributed by atoms with Gasteiger partial charge in [0, 0.05) is 19.2 Å². The quantitative estimate of drug-likeness (QED) is 0.462. The predicted octanol–water partition coefficient (Wildman–Crippen LogP) is 1.37. The van der Waals surface area contributed by atoms with Crippen molar-refractivity contribution in [2.24, 2.45) is 0 Å². The average Bonchev–Trinajstić information content (AvgIpc) is 2.70. The number of hydrogen-bond donors (Lipinski definition) is 2. The van der Waals surface area contributed by atoms with Crippen LogP contribution in [0.2, 0.25) is 0 Å². The van der Waals surface area contributed by atoms with Gasteiger partial charge in [0.15, 0.2) is 5.58 Å². The van der Waals surface area contributed by atoms with Crippen LogP contribution in [0, 0.1) is 10.1 Å². The minimum atomic E-state index is -0.462. The molecule has 1 aromatic carbocycles. The summed E-state index contributed by atoms with van der Waals surface area (Å²) < 4.78 is 5.35. The lowest BCUT2D eigenvalue weighted by atomic mass is 10.3. The average molecular weight is 236 g/mol. The summed E-state index contributed by atoms with van der Waals surface area (Å²) in [5, 5.41) is 16.5. The van der Waals surface area contributed by atoms with Gasteiger partial charge in [-0.2, -0.15) is 4.98 Å². The molecule has 0 saturated heterocycles. The number of benzene rings is 1. The zero-order valence-corrected chi connectivity index (χ0v) is 9.27. The zero-order chi connectivity index (χ0) is 12.3. The Morgan fingerprint density at radius 3 is 3.00 bits per heavy atom. The second kappa shape index (κ2) is 4.79. The number of nitro groups is 1. The van der Waals surface area contributed by atoms with Gasteiger partial charge in [0.05, 0.1) is 11.0 Å². The summed E-state index contributed by atoms with van der Waals surface area (Å²) in [6.45, 7) is 1.45. The van der Waals surface area contributed by atoms with Gasteiger partial charge >= 0.3 is 0 Å². The number of nitrogens with one attached hydrogen (secondary N) is 2. The third-order valence-electron chi connectivity index (χ3n) is 2.23. The van der Waals surface area contributed by atoms with Crippen molar-refractivity contribution in [3.05, 3.63) is 28.3 Å². The molecule has 0 aliphatic carbocycles. The van der Waals surface area contributed by atoms with Crippen molar-refractivity contribution in [2.75, 3.05) is 25.5 Å². The normalized spacial score (nSPS) is 10.6. The Labute approximate surface area is 97.0 Å². The van der Waals surface area contributed by atoms with Gasteiger partial charge < -0.3 is 15.1 Å². The van der Waals surface area contributed by atoms with E-state index >= 15 is 0 Å². The molecule has 0 aliphatic rings. The van der Waals surface area contributed by atoms with Crippen molar-refractivity contribution in [2.45, 2.75) is 0 Å². The van der Waals surface area contributed by atoms with Crippen LogP contribution >= 0.6 is 0 Å². The van der Waals surface area contributed by atoms with Gasteiger partial charge in [0.2, 0.25) is 0 Å². The number of fused-ring (bicyclic) bond motifs is 1. The molecule has 0 fully saturated rings. The second-order valence-corrected chi connectivity index (χ2v) is 3.46. The van der Waals surface area contributed by atoms with Crippen LogP contribution in [0.5, 0.6) is 0 Å². The maximum atomic E-state index is 10.6. The van der Waals surface area contributed by atoms with Crippen molar-refractivity contribution < 1.29 is 9.34 Å². The highest BCUT2D eigenvalue weighted by Gasteiger charge is 2.11.